The van der Waals surface area contributed by atoms with Gasteiger partial charge in [0.25, 0.3) is 0 Å². The van der Waals surface area contributed by atoms with Crippen LogP contribution in [0.25, 0.3) is 0 Å². The Hall–Kier alpha value is -1.59. The van der Waals surface area contributed by atoms with Gasteiger partial charge in [-0.1, -0.05) is 6.92 Å². The van der Waals surface area contributed by atoms with E-state index in [1.165, 1.54) is 0 Å². The Labute approximate surface area is 136 Å². The van der Waals surface area contributed by atoms with Crippen molar-refractivity contribution in [2.75, 3.05) is 6.61 Å². The van der Waals surface area contributed by atoms with Crippen molar-refractivity contribution in [2.45, 2.75) is 71.5 Å². The lowest BCUT2D eigenvalue weighted by Crippen LogP contribution is -2.45. The highest BCUT2D eigenvalue weighted by Crippen LogP contribution is 2.42. The van der Waals surface area contributed by atoms with Crippen molar-refractivity contribution < 1.29 is 28.6 Å². The maximum Gasteiger partial charge on any atom is 0.311 e. The van der Waals surface area contributed by atoms with E-state index in [2.05, 4.69) is 0 Å². The summed E-state index contributed by atoms with van der Waals surface area (Å²) in [7, 11) is 0. The molecule has 1 aliphatic heterocycles. The third kappa shape index (κ3) is 3.85. The van der Waals surface area contributed by atoms with Gasteiger partial charge in [-0.2, -0.15) is 0 Å². The summed E-state index contributed by atoms with van der Waals surface area (Å²) >= 11 is 0. The fourth-order valence-corrected chi connectivity index (χ4v) is 2.87. The molecule has 1 saturated heterocycles. The molecule has 1 saturated carbocycles. The van der Waals surface area contributed by atoms with E-state index in [1.54, 1.807) is 6.92 Å². The van der Waals surface area contributed by atoms with Crippen LogP contribution in [0.1, 0.15) is 59.8 Å². The maximum atomic E-state index is 12.0. The first-order valence-electron chi connectivity index (χ1n) is 8.27. The van der Waals surface area contributed by atoms with Crippen molar-refractivity contribution in [1.29, 1.82) is 0 Å². The minimum absolute atomic E-state index is 0.00422. The number of esters is 3. The van der Waals surface area contributed by atoms with Crippen molar-refractivity contribution in [3.05, 3.63) is 0 Å². The lowest BCUT2D eigenvalue weighted by Gasteiger charge is -2.36. The molecular weight excluding hydrogens is 300 g/mol. The van der Waals surface area contributed by atoms with Crippen LogP contribution in [0.4, 0.5) is 0 Å². The van der Waals surface area contributed by atoms with Gasteiger partial charge < -0.3 is 14.2 Å². The topological polar surface area (TPSA) is 78.9 Å². The summed E-state index contributed by atoms with van der Waals surface area (Å²) < 4.78 is 16.0. The Morgan fingerprint density at radius 3 is 2.74 bits per heavy atom. The Bertz CT molecular complexity index is 497. The van der Waals surface area contributed by atoms with Crippen LogP contribution in [0, 0.1) is 11.3 Å². The molecule has 1 aliphatic carbocycles. The number of ether oxygens (including phenoxy) is 3. The minimum Gasteiger partial charge on any atom is -0.465 e. The summed E-state index contributed by atoms with van der Waals surface area (Å²) in [4.78, 5) is 35.4. The summed E-state index contributed by atoms with van der Waals surface area (Å²) in [6.07, 6.45) is 2.22. The Kier molecular flexibility index (Phi) is 5.01. The SMILES string of the molecule is CCC(C)(C)C(=O)OCCC(=O)OC1(C)CCC2CC1OC2=O. The van der Waals surface area contributed by atoms with E-state index >= 15 is 0 Å². The second-order valence-electron chi connectivity index (χ2n) is 7.31. The van der Waals surface area contributed by atoms with Crippen LogP contribution in [-0.4, -0.2) is 36.2 Å². The second kappa shape index (κ2) is 6.49. The van der Waals surface area contributed by atoms with E-state index in [4.69, 9.17) is 14.2 Å². The number of hydrogen-bond donors (Lipinski definition) is 0. The first-order chi connectivity index (χ1) is 10.7. The van der Waals surface area contributed by atoms with Crippen molar-refractivity contribution in [2.24, 2.45) is 11.3 Å². The molecule has 0 aromatic carbocycles. The highest BCUT2D eigenvalue weighted by Gasteiger charge is 2.52. The van der Waals surface area contributed by atoms with Crippen molar-refractivity contribution in [1.82, 2.24) is 0 Å². The molecule has 6 nitrogen and oxygen atoms in total. The monoisotopic (exact) mass is 326 g/mol. The van der Waals surface area contributed by atoms with E-state index < -0.39 is 17.0 Å². The second-order valence-corrected chi connectivity index (χ2v) is 7.31. The average molecular weight is 326 g/mol. The summed E-state index contributed by atoms with van der Waals surface area (Å²) in [5, 5.41) is 0. The molecule has 2 bridgehead atoms. The van der Waals surface area contributed by atoms with Crippen LogP contribution in [-0.2, 0) is 28.6 Å². The molecule has 2 fully saturated rings. The minimum atomic E-state index is -0.771. The molecule has 3 atom stereocenters. The molecule has 0 radical (unpaired) electrons. The molecule has 0 N–H and O–H groups in total. The molecule has 6 heteroatoms. The van der Waals surface area contributed by atoms with Gasteiger partial charge >= 0.3 is 17.9 Å². The standard InChI is InChI=1S/C17H26O6/c1-5-16(2,3)15(20)21-9-7-13(18)23-17(4)8-6-11-10-12(17)22-14(11)19/h11-12H,5-10H2,1-4H3. The molecule has 1 heterocycles. The molecule has 23 heavy (non-hydrogen) atoms. The van der Waals surface area contributed by atoms with Gasteiger partial charge in [0.05, 0.1) is 17.8 Å². The summed E-state index contributed by atoms with van der Waals surface area (Å²) in [6.45, 7) is 7.33. The number of rotatable bonds is 6. The molecule has 0 aromatic rings. The van der Waals surface area contributed by atoms with Crippen molar-refractivity contribution in [3.63, 3.8) is 0 Å². The molecule has 0 amide bonds. The van der Waals surface area contributed by atoms with Gasteiger partial charge in [0, 0.05) is 6.42 Å². The van der Waals surface area contributed by atoms with Crippen molar-refractivity contribution >= 4 is 17.9 Å². The molecule has 0 spiro atoms. The quantitative estimate of drug-likeness (QED) is 0.551. The van der Waals surface area contributed by atoms with Gasteiger partial charge in [-0.25, -0.2) is 0 Å². The zero-order valence-corrected chi connectivity index (χ0v) is 14.3. The molecule has 0 aromatic heterocycles. The van der Waals surface area contributed by atoms with Gasteiger partial charge in [0.2, 0.25) is 0 Å². The third-order valence-electron chi connectivity index (χ3n) is 5.08. The van der Waals surface area contributed by atoms with Crippen LogP contribution in [0.2, 0.25) is 0 Å². The predicted molar refractivity (Wildman–Crippen MR) is 81.4 cm³/mol. The van der Waals surface area contributed by atoms with Gasteiger partial charge in [-0.15, -0.1) is 0 Å². The summed E-state index contributed by atoms with van der Waals surface area (Å²) in [6, 6.07) is 0. The van der Waals surface area contributed by atoms with Gasteiger partial charge in [-0.05, 0) is 40.0 Å². The largest absolute Gasteiger partial charge is 0.465 e. The van der Waals surface area contributed by atoms with Gasteiger partial charge in [0.1, 0.15) is 18.3 Å². The Morgan fingerprint density at radius 1 is 1.39 bits per heavy atom. The molecule has 3 unspecified atom stereocenters. The lowest BCUT2D eigenvalue weighted by atomic mass is 9.80. The lowest BCUT2D eigenvalue weighted by molar-refractivity contribution is -0.178. The van der Waals surface area contributed by atoms with Crippen LogP contribution in [0.3, 0.4) is 0 Å². The molecule has 2 rings (SSSR count). The average Bonchev–Trinajstić information content (AvgIpc) is 2.81. The van der Waals surface area contributed by atoms with Crippen LogP contribution in [0.5, 0.6) is 0 Å². The highest BCUT2D eigenvalue weighted by molar-refractivity contribution is 5.77. The number of hydrogen-bond acceptors (Lipinski definition) is 6. The first-order valence-corrected chi connectivity index (χ1v) is 8.27. The molecule has 130 valence electrons. The fraction of sp³-hybridized carbons (Fsp3) is 0.824. The number of carbonyl (C=O) groups excluding carboxylic acids is 3. The maximum absolute atomic E-state index is 12.0. The predicted octanol–water partition coefficient (Wildman–Crippen LogP) is 2.38. The van der Waals surface area contributed by atoms with Crippen LogP contribution < -0.4 is 0 Å². The van der Waals surface area contributed by atoms with Crippen molar-refractivity contribution in [3.8, 4) is 0 Å². The normalized spacial score (nSPS) is 29.8. The van der Waals surface area contributed by atoms with Crippen LogP contribution >= 0.6 is 0 Å². The summed E-state index contributed by atoms with van der Waals surface area (Å²) in [5.41, 5.74) is -1.32. The fourth-order valence-electron chi connectivity index (χ4n) is 2.87. The Morgan fingerprint density at radius 2 is 2.09 bits per heavy atom. The third-order valence-corrected chi connectivity index (χ3v) is 5.08. The van der Waals surface area contributed by atoms with E-state index in [-0.39, 0.29) is 37.0 Å². The molecular formula is C17H26O6. The number of carbonyl (C=O) groups is 3. The van der Waals surface area contributed by atoms with E-state index in [0.717, 1.165) is 0 Å². The van der Waals surface area contributed by atoms with Crippen LogP contribution in [0.15, 0.2) is 0 Å². The van der Waals surface area contributed by atoms with Gasteiger partial charge in [0.15, 0.2) is 0 Å². The van der Waals surface area contributed by atoms with E-state index in [0.29, 0.717) is 25.7 Å². The highest BCUT2D eigenvalue weighted by atomic mass is 16.6. The van der Waals surface area contributed by atoms with Gasteiger partial charge in [-0.3, -0.25) is 14.4 Å². The zero-order chi connectivity index (χ0) is 17.3. The smallest absolute Gasteiger partial charge is 0.311 e. The molecule has 2 aliphatic rings. The summed E-state index contributed by atoms with van der Waals surface area (Å²) in [5.74, 6) is -0.991. The Balaban J connectivity index is 1.79. The zero-order valence-electron chi connectivity index (χ0n) is 14.3. The van der Waals surface area contributed by atoms with E-state index in [1.807, 2.05) is 20.8 Å². The number of fused-ring (bicyclic) bond motifs is 2. The van der Waals surface area contributed by atoms with E-state index in [9.17, 15) is 14.4 Å². The first kappa shape index (κ1) is 17.8.